The minimum atomic E-state index is -3.62. The van der Waals surface area contributed by atoms with Crippen LogP contribution in [0.2, 0.25) is 5.02 Å². The van der Waals surface area contributed by atoms with Gasteiger partial charge in [0, 0.05) is 11.6 Å². The number of hydrogen-bond donors (Lipinski definition) is 1. The van der Waals surface area contributed by atoms with Crippen LogP contribution in [0.25, 0.3) is 0 Å². The second-order valence-corrected chi connectivity index (χ2v) is 6.73. The van der Waals surface area contributed by atoms with Gasteiger partial charge in [-0.15, -0.1) is 0 Å². The van der Waals surface area contributed by atoms with Crippen molar-refractivity contribution >= 4 is 21.6 Å². The molecule has 2 aromatic rings. The minimum absolute atomic E-state index is 0.126. The molecule has 21 heavy (non-hydrogen) atoms. The van der Waals surface area contributed by atoms with Gasteiger partial charge in [-0.2, -0.15) is 5.26 Å². The lowest BCUT2D eigenvalue weighted by molar-refractivity contribution is 0.581. The summed E-state index contributed by atoms with van der Waals surface area (Å²) in [5.74, 6) is 0. The number of nitrogens with zero attached hydrogens (tertiary/aromatic N) is 1. The Morgan fingerprint density at radius 2 is 1.86 bits per heavy atom. The lowest BCUT2D eigenvalue weighted by Crippen LogP contribution is -2.23. The summed E-state index contributed by atoms with van der Waals surface area (Å²) in [6.45, 7) is 2.05. The molecule has 4 nitrogen and oxygen atoms in total. The van der Waals surface area contributed by atoms with E-state index in [4.69, 9.17) is 16.9 Å². The number of halogens is 1. The molecule has 0 fully saturated rings. The summed E-state index contributed by atoms with van der Waals surface area (Å²) >= 11 is 5.91. The number of aryl methyl sites for hydroxylation is 1. The Kier molecular flexibility index (Phi) is 4.63. The van der Waals surface area contributed by atoms with Crippen LogP contribution < -0.4 is 4.72 Å². The highest BCUT2D eigenvalue weighted by molar-refractivity contribution is 7.89. The third-order valence-corrected chi connectivity index (χ3v) is 4.71. The quantitative estimate of drug-likeness (QED) is 0.941. The zero-order chi connectivity index (χ0) is 15.5. The lowest BCUT2D eigenvalue weighted by atomic mass is 10.1. The van der Waals surface area contributed by atoms with E-state index >= 15 is 0 Å². The lowest BCUT2D eigenvalue weighted by Gasteiger charge is -2.09. The van der Waals surface area contributed by atoms with Gasteiger partial charge in [-0.3, -0.25) is 0 Å². The van der Waals surface area contributed by atoms with E-state index in [1.165, 1.54) is 24.3 Å². The van der Waals surface area contributed by atoms with Crippen LogP contribution in [0.15, 0.2) is 47.4 Å². The van der Waals surface area contributed by atoms with Gasteiger partial charge >= 0.3 is 0 Å². The molecule has 0 spiro atoms. The molecule has 0 aliphatic heterocycles. The Bertz CT molecular complexity index is 793. The smallest absolute Gasteiger partial charge is 0.207 e. The highest BCUT2D eigenvalue weighted by Gasteiger charge is 2.14. The zero-order valence-corrected chi connectivity index (χ0v) is 12.9. The third-order valence-electron chi connectivity index (χ3n) is 3.06. The van der Waals surface area contributed by atoms with E-state index in [9.17, 15) is 8.42 Å². The van der Waals surface area contributed by atoms with Gasteiger partial charge in [-0.05, 0) is 54.4 Å². The van der Waals surface area contributed by atoms with Gasteiger partial charge in [0.05, 0.1) is 16.5 Å². The molecule has 0 aliphatic carbocycles. The molecule has 2 aromatic carbocycles. The number of sulfonamides is 1. The molecule has 0 aromatic heterocycles. The molecular weight excluding hydrogens is 308 g/mol. The van der Waals surface area contributed by atoms with Crippen molar-refractivity contribution < 1.29 is 8.42 Å². The summed E-state index contributed by atoms with van der Waals surface area (Å²) in [7, 11) is -3.62. The summed E-state index contributed by atoms with van der Waals surface area (Å²) in [5.41, 5.74) is 2.20. The van der Waals surface area contributed by atoms with Crippen LogP contribution in [0, 0.1) is 18.3 Å². The van der Waals surface area contributed by atoms with Crippen molar-refractivity contribution in [3.63, 3.8) is 0 Å². The highest BCUT2D eigenvalue weighted by Crippen LogP contribution is 2.16. The predicted octanol–water partition coefficient (Wildman–Crippen LogP) is 3.00. The van der Waals surface area contributed by atoms with Crippen molar-refractivity contribution in [3.05, 3.63) is 64.2 Å². The number of benzene rings is 2. The van der Waals surface area contributed by atoms with E-state index in [0.29, 0.717) is 10.6 Å². The molecule has 0 amide bonds. The van der Waals surface area contributed by atoms with Gasteiger partial charge in [0.25, 0.3) is 0 Å². The maximum absolute atomic E-state index is 12.2. The first-order chi connectivity index (χ1) is 9.92. The van der Waals surface area contributed by atoms with Crippen molar-refractivity contribution in [2.24, 2.45) is 0 Å². The molecule has 0 unspecified atom stereocenters. The first kappa shape index (κ1) is 15.5. The number of nitriles is 1. The van der Waals surface area contributed by atoms with Gasteiger partial charge < -0.3 is 0 Å². The molecule has 0 saturated heterocycles. The van der Waals surface area contributed by atoms with Crippen LogP contribution in [-0.2, 0) is 16.6 Å². The van der Waals surface area contributed by atoms with Gasteiger partial charge in [0.2, 0.25) is 10.0 Å². The maximum Gasteiger partial charge on any atom is 0.240 e. The fraction of sp³-hybridized carbons (Fsp3) is 0.133. The second-order valence-electron chi connectivity index (χ2n) is 4.53. The highest BCUT2D eigenvalue weighted by atomic mass is 35.5. The molecular formula is C15H13ClN2O2S. The molecule has 0 bridgehead atoms. The molecule has 6 heteroatoms. The molecule has 0 saturated carbocycles. The van der Waals surface area contributed by atoms with Gasteiger partial charge in [0.1, 0.15) is 0 Å². The van der Waals surface area contributed by atoms with Gasteiger partial charge in [-0.25, -0.2) is 13.1 Å². The maximum atomic E-state index is 12.2. The molecule has 1 N–H and O–H groups in total. The fourth-order valence-electron chi connectivity index (χ4n) is 1.80. The molecule has 108 valence electrons. The Morgan fingerprint density at radius 3 is 2.48 bits per heavy atom. The first-order valence-electron chi connectivity index (χ1n) is 6.17. The third kappa shape index (κ3) is 3.82. The van der Waals surface area contributed by atoms with Gasteiger partial charge in [0.15, 0.2) is 0 Å². The SMILES string of the molecule is Cc1ccc(Cl)cc1CNS(=O)(=O)c1ccc(C#N)cc1. The van der Waals surface area contributed by atoms with Crippen molar-refractivity contribution in [2.75, 3.05) is 0 Å². The van der Waals surface area contributed by atoms with E-state index in [1.807, 2.05) is 19.1 Å². The predicted molar refractivity (Wildman–Crippen MR) is 81.4 cm³/mol. The number of rotatable bonds is 4. The van der Waals surface area contributed by atoms with Crippen LogP contribution in [0.5, 0.6) is 0 Å². The average Bonchev–Trinajstić information content (AvgIpc) is 2.48. The van der Waals surface area contributed by atoms with Crippen molar-refractivity contribution in [2.45, 2.75) is 18.4 Å². The van der Waals surface area contributed by atoms with Gasteiger partial charge in [-0.1, -0.05) is 17.7 Å². The standard InChI is InChI=1S/C15H13ClN2O2S/c1-11-2-5-14(16)8-13(11)10-18-21(19,20)15-6-3-12(9-17)4-7-15/h2-8,18H,10H2,1H3. The van der Waals surface area contributed by atoms with Crippen LogP contribution in [-0.4, -0.2) is 8.42 Å². The zero-order valence-electron chi connectivity index (χ0n) is 11.3. The Balaban J connectivity index is 2.17. The average molecular weight is 321 g/mol. The van der Waals surface area contributed by atoms with Crippen LogP contribution in [0.3, 0.4) is 0 Å². The summed E-state index contributed by atoms with van der Waals surface area (Å²) in [6.07, 6.45) is 0. The summed E-state index contributed by atoms with van der Waals surface area (Å²) in [5, 5.41) is 9.28. The Labute approximate surface area is 129 Å². The summed E-state index contributed by atoms with van der Waals surface area (Å²) < 4.78 is 26.9. The van der Waals surface area contributed by atoms with Crippen molar-refractivity contribution in [1.82, 2.24) is 4.72 Å². The molecule has 0 radical (unpaired) electrons. The van der Waals surface area contributed by atoms with E-state index in [1.54, 1.807) is 12.1 Å². The van der Waals surface area contributed by atoms with Crippen molar-refractivity contribution in [1.29, 1.82) is 5.26 Å². The topological polar surface area (TPSA) is 70.0 Å². The van der Waals surface area contributed by atoms with Crippen LogP contribution in [0.4, 0.5) is 0 Å². The van der Waals surface area contributed by atoms with Crippen LogP contribution in [0.1, 0.15) is 16.7 Å². The monoisotopic (exact) mass is 320 g/mol. The van der Waals surface area contributed by atoms with E-state index < -0.39 is 10.0 Å². The normalized spacial score (nSPS) is 11.1. The largest absolute Gasteiger partial charge is 0.240 e. The summed E-state index contributed by atoms with van der Waals surface area (Å²) in [6, 6.07) is 13.0. The fourth-order valence-corrected chi connectivity index (χ4v) is 3.00. The van der Waals surface area contributed by atoms with Crippen molar-refractivity contribution in [3.8, 4) is 6.07 Å². The minimum Gasteiger partial charge on any atom is -0.207 e. The van der Waals surface area contributed by atoms with E-state index in [2.05, 4.69) is 4.72 Å². The Morgan fingerprint density at radius 1 is 1.19 bits per heavy atom. The molecule has 0 atom stereocenters. The molecule has 0 heterocycles. The van der Waals surface area contributed by atoms with Crippen LogP contribution >= 0.6 is 11.6 Å². The summed E-state index contributed by atoms with van der Waals surface area (Å²) in [4.78, 5) is 0.126. The number of nitrogens with one attached hydrogen (secondary N) is 1. The molecule has 0 aliphatic rings. The Hall–Kier alpha value is -1.87. The molecule has 2 rings (SSSR count). The van der Waals surface area contributed by atoms with E-state index in [0.717, 1.165) is 11.1 Å². The first-order valence-corrected chi connectivity index (χ1v) is 8.03. The van der Waals surface area contributed by atoms with E-state index in [-0.39, 0.29) is 11.4 Å². The second kappa shape index (κ2) is 6.27. The number of hydrogen-bond acceptors (Lipinski definition) is 3.